The zero-order chi connectivity index (χ0) is 19.0. The number of rotatable bonds is 7. The number of benzene rings is 1. The van der Waals surface area contributed by atoms with Gasteiger partial charge >= 0.3 is 18.7 Å². The Hall–Kier alpha value is -2.91. The van der Waals surface area contributed by atoms with Crippen LogP contribution in [-0.2, 0) is 14.3 Å². The van der Waals surface area contributed by atoms with E-state index in [2.05, 4.69) is 9.47 Å². The highest BCUT2D eigenvalue weighted by Crippen LogP contribution is 2.30. The molecule has 25 heavy (non-hydrogen) atoms. The average Bonchev–Trinajstić information content (AvgIpc) is 2.55. The summed E-state index contributed by atoms with van der Waals surface area (Å²) in [7, 11) is 1.07. The number of ether oxygens (including phenoxy) is 4. The van der Waals surface area contributed by atoms with Crippen LogP contribution < -0.4 is 14.8 Å². The van der Waals surface area contributed by atoms with Gasteiger partial charge in [0.2, 0.25) is 0 Å². The van der Waals surface area contributed by atoms with Gasteiger partial charge in [0, 0.05) is 0 Å². The van der Waals surface area contributed by atoms with Crippen molar-refractivity contribution >= 4 is 18.0 Å². The molecule has 0 bridgehead atoms. The Kier molecular flexibility index (Phi) is 7.57. The second kappa shape index (κ2) is 9.40. The van der Waals surface area contributed by atoms with E-state index in [9.17, 15) is 23.2 Å². The summed E-state index contributed by atoms with van der Waals surface area (Å²) in [5, 5.41) is 1.84. The van der Waals surface area contributed by atoms with Crippen molar-refractivity contribution in [3.63, 3.8) is 0 Å². The lowest BCUT2D eigenvalue weighted by Crippen LogP contribution is -2.39. The molecule has 0 unspecified atom stereocenters. The Labute approximate surface area is 142 Å². The fourth-order valence-electron chi connectivity index (χ4n) is 1.63. The summed E-state index contributed by atoms with van der Waals surface area (Å²) in [5.74, 6) is -2.13. The molecule has 2 amide bonds. The molecule has 0 aromatic heterocycles. The summed E-state index contributed by atoms with van der Waals surface area (Å²) < 4.78 is 43.2. The first-order chi connectivity index (χ1) is 11.8. The number of carbonyl (C=O) groups excluding carboxylic acids is 3. The van der Waals surface area contributed by atoms with Crippen molar-refractivity contribution in [1.82, 2.24) is 5.32 Å². The van der Waals surface area contributed by atoms with Crippen molar-refractivity contribution in [2.45, 2.75) is 26.6 Å². The molecule has 1 aromatic carbocycles. The number of alkyl halides is 2. The third-order valence-corrected chi connectivity index (χ3v) is 2.76. The van der Waals surface area contributed by atoms with E-state index in [0.717, 1.165) is 19.2 Å². The molecule has 1 aromatic rings. The summed E-state index contributed by atoms with van der Waals surface area (Å²) in [5.41, 5.74) is -0.0530. The first-order valence-electron chi connectivity index (χ1n) is 7.09. The Morgan fingerprint density at radius 3 is 2.44 bits per heavy atom. The van der Waals surface area contributed by atoms with Crippen LogP contribution in [-0.4, -0.2) is 44.4 Å². The molecule has 138 valence electrons. The maximum Gasteiger partial charge on any atom is 0.413 e. The van der Waals surface area contributed by atoms with Gasteiger partial charge in [0.05, 0.1) is 19.3 Å². The molecule has 0 heterocycles. The fourth-order valence-corrected chi connectivity index (χ4v) is 1.63. The molecule has 1 rings (SSSR count). The van der Waals surface area contributed by atoms with Gasteiger partial charge in [-0.25, -0.2) is 9.59 Å². The van der Waals surface area contributed by atoms with Crippen LogP contribution in [0.2, 0.25) is 0 Å². The summed E-state index contributed by atoms with van der Waals surface area (Å²) in [6, 6.07) is 3.44. The van der Waals surface area contributed by atoms with Crippen molar-refractivity contribution in [2.75, 3.05) is 13.7 Å². The minimum Gasteiger partial charge on any atom is -0.490 e. The smallest absolute Gasteiger partial charge is 0.413 e. The van der Waals surface area contributed by atoms with E-state index >= 15 is 0 Å². The minimum atomic E-state index is -3.06. The lowest BCUT2D eigenvalue weighted by atomic mass is 10.2. The van der Waals surface area contributed by atoms with Gasteiger partial charge in [0.15, 0.2) is 17.6 Å². The summed E-state index contributed by atoms with van der Waals surface area (Å²) in [6.07, 6.45) is -2.29. The fraction of sp³-hybridized carbons (Fsp3) is 0.400. The van der Waals surface area contributed by atoms with Crippen LogP contribution in [0.1, 0.15) is 24.2 Å². The summed E-state index contributed by atoms with van der Waals surface area (Å²) in [4.78, 5) is 34.6. The zero-order valence-electron chi connectivity index (χ0n) is 13.7. The highest BCUT2D eigenvalue weighted by Gasteiger charge is 2.22. The van der Waals surface area contributed by atoms with Gasteiger partial charge in [-0.05, 0) is 32.0 Å². The van der Waals surface area contributed by atoms with E-state index in [1.807, 2.05) is 5.32 Å². The molecule has 0 aliphatic heterocycles. The number of nitrogens with one attached hydrogen (secondary N) is 1. The standard InChI is InChI=1S/C15H17F2NO7/c1-4-23-11-7-9(5-6-10(11)25-14(16)17)13(20)24-8(2)12(19)18-15(21)22-3/h5-8,14H,4H2,1-3H3,(H,18,19,21)/t8-/m1/s1. The number of hydrogen-bond donors (Lipinski definition) is 1. The topological polar surface area (TPSA) is 100 Å². The highest BCUT2D eigenvalue weighted by atomic mass is 19.3. The molecule has 8 nitrogen and oxygen atoms in total. The molecule has 10 heteroatoms. The number of methoxy groups -OCH3 is 1. The molecular weight excluding hydrogens is 344 g/mol. The van der Waals surface area contributed by atoms with Crippen molar-refractivity contribution in [1.29, 1.82) is 0 Å². The number of carbonyl (C=O) groups is 3. The number of amides is 2. The predicted octanol–water partition coefficient (Wildman–Crippen LogP) is 2.11. The summed E-state index contributed by atoms with van der Waals surface area (Å²) in [6.45, 7) is -0.0422. The Balaban J connectivity index is 2.85. The first-order valence-corrected chi connectivity index (χ1v) is 7.09. The van der Waals surface area contributed by atoms with Gasteiger partial charge in [0.1, 0.15) is 0 Å². The molecule has 0 spiro atoms. The van der Waals surface area contributed by atoms with Crippen molar-refractivity contribution in [3.8, 4) is 11.5 Å². The minimum absolute atomic E-state index is 0.0530. The number of esters is 1. The zero-order valence-corrected chi connectivity index (χ0v) is 13.7. The van der Waals surface area contributed by atoms with Gasteiger partial charge in [0.25, 0.3) is 5.91 Å². The Bertz CT molecular complexity index is 636. The van der Waals surface area contributed by atoms with E-state index in [4.69, 9.17) is 9.47 Å². The van der Waals surface area contributed by atoms with Crippen LogP contribution >= 0.6 is 0 Å². The van der Waals surface area contributed by atoms with Crippen LogP contribution in [0.4, 0.5) is 13.6 Å². The lowest BCUT2D eigenvalue weighted by Gasteiger charge is -2.14. The quantitative estimate of drug-likeness (QED) is 0.743. The number of hydrogen-bond acceptors (Lipinski definition) is 7. The van der Waals surface area contributed by atoms with Crippen LogP contribution in [0.5, 0.6) is 11.5 Å². The molecule has 0 saturated carbocycles. The molecule has 0 fully saturated rings. The summed E-state index contributed by atoms with van der Waals surface area (Å²) >= 11 is 0. The second-order valence-electron chi connectivity index (χ2n) is 4.50. The van der Waals surface area contributed by atoms with E-state index in [1.54, 1.807) is 6.92 Å². The monoisotopic (exact) mass is 361 g/mol. The van der Waals surface area contributed by atoms with E-state index in [0.29, 0.717) is 0 Å². The van der Waals surface area contributed by atoms with E-state index in [1.165, 1.54) is 13.0 Å². The van der Waals surface area contributed by atoms with Crippen LogP contribution in [0.3, 0.4) is 0 Å². The lowest BCUT2D eigenvalue weighted by molar-refractivity contribution is -0.128. The maximum absolute atomic E-state index is 12.3. The molecule has 1 atom stereocenters. The SMILES string of the molecule is CCOc1cc(C(=O)O[C@H](C)C(=O)NC(=O)OC)ccc1OC(F)F. The maximum atomic E-state index is 12.3. The molecule has 0 aliphatic rings. The predicted molar refractivity (Wildman–Crippen MR) is 79.7 cm³/mol. The van der Waals surface area contributed by atoms with E-state index < -0.39 is 30.7 Å². The normalized spacial score (nSPS) is 11.4. The number of alkyl carbamates (subject to hydrolysis) is 1. The van der Waals surface area contributed by atoms with Gasteiger partial charge in [-0.2, -0.15) is 8.78 Å². The average molecular weight is 361 g/mol. The van der Waals surface area contributed by atoms with Crippen molar-refractivity contribution in [3.05, 3.63) is 23.8 Å². The molecule has 0 saturated heterocycles. The molecular formula is C15H17F2NO7. The van der Waals surface area contributed by atoms with Gasteiger partial charge in [-0.15, -0.1) is 0 Å². The Morgan fingerprint density at radius 2 is 1.88 bits per heavy atom. The highest BCUT2D eigenvalue weighted by molar-refractivity contribution is 5.97. The van der Waals surface area contributed by atoms with Crippen molar-refractivity contribution < 1.29 is 42.1 Å². The number of halogens is 2. The Morgan fingerprint density at radius 1 is 1.20 bits per heavy atom. The van der Waals surface area contributed by atoms with Crippen molar-refractivity contribution in [2.24, 2.45) is 0 Å². The number of imide groups is 1. The van der Waals surface area contributed by atoms with Gasteiger partial charge in [-0.3, -0.25) is 10.1 Å². The third kappa shape index (κ3) is 6.24. The molecule has 0 radical (unpaired) electrons. The van der Waals surface area contributed by atoms with Crippen LogP contribution in [0.15, 0.2) is 18.2 Å². The molecule has 1 N–H and O–H groups in total. The van der Waals surface area contributed by atoms with E-state index in [-0.39, 0.29) is 23.7 Å². The second-order valence-corrected chi connectivity index (χ2v) is 4.50. The van der Waals surface area contributed by atoms with Gasteiger partial charge < -0.3 is 18.9 Å². The third-order valence-electron chi connectivity index (χ3n) is 2.76. The first kappa shape index (κ1) is 20.1. The van der Waals surface area contributed by atoms with Gasteiger partial charge in [-0.1, -0.05) is 0 Å². The largest absolute Gasteiger partial charge is 0.490 e. The molecule has 0 aliphatic carbocycles. The van der Waals surface area contributed by atoms with Crippen LogP contribution in [0.25, 0.3) is 0 Å². The van der Waals surface area contributed by atoms with Crippen LogP contribution in [0, 0.1) is 0 Å².